The number of carboxylic acids is 1. The molecule has 0 aliphatic carbocycles. The molecule has 0 atom stereocenters. The van der Waals surface area contributed by atoms with Crippen LogP contribution < -0.4 is 0 Å². The van der Waals surface area contributed by atoms with E-state index >= 15 is 0 Å². The molecule has 0 amide bonds. The van der Waals surface area contributed by atoms with Gasteiger partial charge in [0, 0.05) is 4.70 Å². The fourth-order valence-corrected chi connectivity index (χ4v) is 3.30. The Morgan fingerprint density at radius 1 is 1.38 bits per heavy atom. The molecule has 2 aromatic rings. The number of aryl methyl sites for hydroxylation is 3. The molecule has 2 rings (SSSR count). The van der Waals surface area contributed by atoms with Crippen LogP contribution in [0.3, 0.4) is 0 Å². The normalized spacial score (nSPS) is 10.9. The number of hydrogen-bond donors (Lipinski definition) is 1. The van der Waals surface area contributed by atoms with Gasteiger partial charge in [-0.3, -0.25) is 0 Å². The van der Waals surface area contributed by atoms with Crippen LogP contribution in [0.15, 0.2) is 12.1 Å². The first-order chi connectivity index (χ1) is 7.54. The van der Waals surface area contributed by atoms with E-state index < -0.39 is 5.97 Å². The van der Waals surface area contributed by atoms with Crippen molar-refractivity contribution in [2.75, 3.05) is 0 Å². The molecule has 0 unspecified atom stereocenters. The van der Waals surface area contributed by atoms with E-state index in [1.54, 1.807) is 0 Å². The van der Waals surface area contributed by atoms with Crippen molar-refractivity contribution >= 4 is 27.4 Å². The summed E-state index contributed by atoms with van der Waals surface area (Å²) in [6.07, 6.45) is 0.768. The van der Waals surface area contributed by atoms with E-state index in [0.29, 0.717) is 4.88 Å². The highest BCUT2D eigenvalue weighted by Gasteiger charge is 2.17. The maximum absolute atomic E-state index is 11.2. The highest BCUT2D eigenvalue weighted by molar-refractivity contribution is 7.21. The lowest BCUT2D eigenvalue weighted by Gasteiger charge is -2.00. The third-order valence-electron chi connectivity index (χ3n) is 2.77. The summed E-state index contributed by atoms with van der Waals surface area (Å²) in [7, 11) is 0. The van der Waals surface area contributed by atoms with Crippen LogP contribution in [0.25, 0.3) is 10.1 Å². The number of carboxylic acid groups (broad SMARTS) is 1. The zero-order chi connectivity index (χ0) is 11.9. The Kier molecular flexibility index (Phi) is 2.72. The van der Waals surface area contributed by atoms with E-state index in [2.05, 4.69) is 12.1 Å². The molecule has 0 saturated heterocycles. The predicted molar refractivity (Wildman–Crippen MR) is 67.6 cm³/mol. The van der Waals surface area contributed by atoms with Gasteiger partial charge in [0.25, 0.3) is 0 Å². The van der Waals surface area contributed by atoms with Gasteiger partial charge < -0.3 is 5.11 Å². The number of rotatable bonds is 2. The first-order valence-electron chi connectivity index (χ1n) is 5.30. The molecule has 0 saturated carbocycles. The van der Waals surface area contributed by atoms with Crippen LogP contribution >= 0.6 is 11.3 Å². The summed E-state index contributed by atoms with van der Waals surface area (Å²) < 4.78 is 1.11. The molecule has 1 aromatic heterocycles. The largest absolute Gasteiger partial charge is 0.477 e. The number of hydrogen-bond acceptors (Lipinski definition) is 2. The Labute approximate surface area is 98.5 Å². The minimum Gasteiger partial charge on any atom is -0.477 e. The van der Waals surface area contributed by atoms with Gasteiger partial charge in [-0.05, 0) is 36.8 Å². The monoisotopic (exact) mass is 234 g/mol. The van der Waals surface area contributed by atoms with Crippen LogP contribution in [0.2, 0.25) is 0 Å². The fraction of sp³-hybridized carbons (Fsp3) is 0.308. The van der Waals surface area contributed by atoms with Crippen molar-refractivity contribution in [1.82, 2.24) is 0 Å². The lowest BCUT2D eigenvalue weighted by molar-refractivity contribution is 0.0701. The van der Waals surface area contributed by atoms with E-state index in [9.17, 15) is 4.79 Å². The Morgan fingerprint density at radius 2 is 2.06 bits per heavy atom. The SMILES string of the molecule is CCc1c(C(=O)O)sc2c(C)cc(C)cc12. The van der Waals surface area contributed by atoms with Gasteiger partial charge in [0.1, 0.15) is 4.88 Å². The number of aromatic carboxylic acids is 1. The third kappa shape index (κ3) is 1.61. The number of thiophene rings is 1. The first kappa shape index (κ1) is 11.1. The van der Waals surface area contributed by atoms with Crippen LogP contribution in [0, 0.1) is 13.8 Å². The standard InChI is InChI=1S/C13H14O2S/c1-4-9-10-6-7(2)5-8(3)11(10)16-12(9)13(14)15/h5-6H,4H2,1-3H3,(H,14,15). The summed E-state index contributed by atoms with van der Waals surface area (Å²) in [5.41, 5.74) is 3.33. The zero-order valence-corrected chi connectivity index (χ0v) is 10.4. The molecular weight excluding hydrogens is 220 g/mol. The van der Waals surface area contributed by atoms with Crippen molar-refractivity contribution in [2.45, 2.75) is 27.2 Å². The van der Waals surface area contributed by atoms with Crippen LogP contribution in [0.5, 0.6) is 0 Å². The molecule has 0 radical (unpaired) electrons. The van der Waals surface area contributed by atoms with Crippen LogP contribution in [0.1, 0.15) is 33.3 Å². The molecule has 0 fully saturated rings. The Morgan fingerprint density at radius 3 is 2.62 bits per heavy atom. The minimum absolute atomic E-state index is 0.492. The summed E-state index contributed by atoms with van der Waals surface area (Å²) in [5, 5.41) is 10.3. The average Bonchev–Trinajstić information content (AvgIpc) is 2.56. The van der Waals surface area contributed by atoms with Gasteiger partial charge in [0.15, 0.2) is 0 Å². The van der Waals surface area contributed by atoms with E-state index in [1.165, 1.54) is 22.5 Å². The second-order valence-electron chi connectivity index (χ2n) is 4.03. The predicted octanol–water partition coefficient (Wildman–Crippen LogP) is 3.78. The van der Waals surface area contributed by atoms with Gasteiger partial charge in [-0.15, -0.1) is 11.3 Å². The van der Waals surface area contributed by atoms with Gasteiger partial charge in [0.2, 0.25) is 0 Å². The smallest absolute Gasteiger partial charge is 0.346 e. The molecule has 0 spiro atoms. The van der Waals surface area contributed by atoms with E-state index in [4.69, 9.17) is 5.11 Å². The molecule has 1 N–H and O–H groups in total. The molecule has 0 aliphatic heterocycles. The van der Waals surface area contributed by atoms with Gasteiger partial charge in [0.05, 0.1) is 0 Å². The van der Waals surface area contributed by atoms with Crippen molar-refractivity contribution < 1.29 is 9.90 Å². The van der Waals surface area contributed by atoms with E-state index in [1.807, 2.05) is 20.8 Å². The average molecular weight is 234 g/mol. The number of benzene rings is 1. The summed E-state index contributed by atoms with van der Waals surface area (Å²) in [5.74, 6) is -0.810. The lowest BCUT2D eigenvalue weighted by Crippen LogP contribution is -1.96. The summed E-state index contributed by atoms with van der Waals surface area (Å²) in [6.45, 7) is 6.09. The molecule has 3 heteroatoms. The van der Waals surface area contributed by atoms with Crippen molar-refractivity contribution in [3.05, 3.63) is 33.7 Å². The lowest BCUT2D eigenvalue weighted by atomic mass is 10.0. The van der Waals surface area contributed by atoms with Crippen molar-refractivity contribution in [3.63, 3.8) is 0 Å². The van der Waals surface area contributed by atoms with Gasteiger partial charge in [-0.1, -0.05) is 24.6 Å². The Bertz CT molecular complexity index is 567. The molecule has 16 heavy (non-hydrogen) atoms. The second-order valence-corrected chi connectivity index (χ2v) is 5.05. The third-order valence-corrected chi connectivity index (χ3v) is 4.14. The van der Waals surface area contributed by atoms with Gasteiger partial charge in [-0.2, -0.15) is 0 Å². The quantitative estimate of drug-likeness (QED) is 0.858. The zero-order valence-electron chi connectivity index (χ0n) is 9.63. The Balaban J connectivity index is 2.87. The molecule has 1 heterocycles. The van der Waals surface area contributed by atoms with E-state index in [-0.39, 0.29) is 0 Å². The van der Waals surface area contributed by atoms with E-state index in [0.717, 1.165) is 22.1 Å². The summed E-state index contributed by atoms with van der Waals surface area (Å²) >= 11 is 1.39. The van der Waals surface area contributed by atoms with Gasteiger partial charge >= 0.3 is 5.97 Å². The fourth-order valence-electron chi connectivity index (χ4n) is 2.12. The summed E-state index contributed by atoms with van der Waals surface area (Å²) in [6, 6.07) is 4.19. The van der Waals surface area contributed by atoms with Crippen LogP contribution in [0.4, 0.5) is 0 Å². The van der Waals surface area contributed by atoms with Crippen LogP contribution in [-0.2, 0) is 6.42 Å². The molecular formula is C13H14O2S. The second kappa shape index (κ2) is 3.91. The van der Waals surface area contributed by atoms with Crippen molar-refractivity contribution in [3.8, 4) is 0 Å². The van der Waals surface area contributed by atoms with Gasteiger partial charge in [-0.25, -0.2) is 4.79 Å². The number of carbonyl (C=O) groups is 1. The molecule has 0 bridgehead atoms. The summed E-state index contributed by atoms with van der Waals surface area (Å²) in [4.78, 5) is 11.6. The van der Waals surface area contributed by atoms with Crippen LogP contribution in [-0.4, -0.2) is 11.1 Å². The maximum Gasteiger partial charge on any atom is 0.346 e. The molecule has 84 valence electrons. The molecule has 1 aromatic carbocycles. The molecule has 0 aliphatic rings. The highest BCUT2D eigenvalue weighted by Crippen LogP contribution is 2.34. The topological polar surface area (TPSA) is 37.3 Å². The van der Waals surface area contributed by atoms with Crippen molar-refractivity contribution in [1.29, 1.82) is 0 Å². The minimum atomic E-state index is -0.810. The number of fused-ring (bicyclic) bond motifs is 1. The molecule has 2 nitrogen and oxygen atoms in total. The maximum atomic E-state index is 11.2. The first-order valence-corrected chi connectivity index (χ1v) is 6.12. The highest BCUT2D eigenvalue weighted by atomic mass is 32.1. The van der Waals surface area contributed by atoms with Crippen molar-refractivity contribution in [2.24, 2.45) is 0 Å². The Hall–Kier alpha value is -1.35.